The fourth-order valence-corrected chi connectivity index (χ4v) is 8.75. The molecule has 2 aliphatic carbocycles. The van der Waals surface area contributed by atoms with Crippen LogP contribution >= 0.6 is 0 Å². The van der Waals surface area contributed by atoms with E-state index in [1.54, 1.807) is 11.9 Å². The number of nitrogens with two attached hydrogens (primary N) is 3. The van der Waals surface area contributed by atoms with Gasteiger partial charge in [-0.15, -0.1) is 0 Å². The SMILES string of the molecule is CN[C@@H](Cc1ccccc1)C(=O)N[C@@H](CCCCN)C(=O)N1CCC[C@H]1C(=O)C(C1CCCCC1)[C@](N)(C=O)C(=O)[C@H](N)CC1CCCCC1. The molecule has 1 saturated heterocycles. The molecule has 1 aromatic carbocycles. The van der Waals surface area contributed by atoms with E-state index >= 15 is 0 Å². The van der Waals surface area contributed by atoms with Crippen LogP contribution in [-0.2, 0) is 30.4 Å². The van der Waals surface area contributed by atoms with Gasteiger partial charge in [-0.1, -0.05) is 81.7 Å². The van der Waals surface area contributed by atoms with Crippen LogP contribution in [0.25, 0.3) is 0 Å². The topological polar surface area (TPSA) is 191 Å². The summed E-state index contributed by atoms with van der Waals surface area (Å²) in [6, 6.07) is 6.45. The molecule has 3 aliphatic rings. The smallest absolute Gasteiger partial charge is 0.245 e. The first-order chi connectivity index (χ1) is 24.1. The molecular weight excluding hydrogens is 632 g/mol. The van der Waals surface area contributed by atoms with Crippen molar-refractivity contribution < 1.29 is 24.0 Å². The summed E-state index contributed by atoms with van der Waals surface area (Å²) in [6.07, 6.45) is 13.5. The lowest BCUT2D eigenvalue weighted by molar-refractivity contribution is -0.147. The zero-order valence-electron chi connectivity index (χ0n) is 30.2. The molecule has 0 bridgehead atoms. The number of amides is 2. The lowest BCUT2D eigenvalue weighted by Crippen LogP contribution is -2.66. The van der Waals surface area contributed by atoms with Crippen molar-refractivity contribution in [2.24, 2.45) is 35.0 Å². The van der Waals surface area contributed by atoms with Crippen LogP contribution in [0.1, 0.15) is 108 Å². The molecule has 0 spiro atoms. The summed E-state index contributed by atoms with van der Waals surface area (Å²) in [4.78, 5) is 71.4. The number of carbonyl (C=O) groups is 5. The summed E-state index contributed by atoms with van der Waals surface area (Å²) in [5.41, 5.74) is 18.0. The Labute approximate surface area is 298 Å². The lowest BCUT2D eigenvalue weighted by atomic mass is 9.65. The standard InChI is InChI=1S/C39H62N6O5/c1-43-32(25-28-16-7-3-8-17-28)37(49)44-31(20-11-12-22-40)38(50)45-23-13-21-33(45)35(47)34(29-18-9-4-10-19-29)39(42,26-46)36(48)30(41)24-27-14-5-2-6-15-27/h3,7-8,16-17,26-27,29-34,43H,2,4-6,9-15,18-25,40-42H2,1H3,(H,44,49)/t30-,31+,32+,33+,34?,39-/m1/s1. The van der Waals surface area contributed by atoms with Crippen molar-refractivity contribution in [1.29, 1.82) is 0 Å². The number of nitrogens with one attached hydrogen (secondary N) is 2. The van der Waals surface area contributed by atoms with Gasteiger partial charge in [-0.25, -0.2) is 0 Å². The Morgan fingerprint density at radius 1 is 0.920 bits per heavy atom. The van der Waals surface area contributed by atoms with Crippen molar-refractivity contribution in [3.8, 4) is 0 Å². The summed E-state index contributed by atoms with van der Waals surface area (Å²) in [7, 11) is 1.72. The Morgan fingerprint density at radius 3 is 2.20 bits per heavy atom. The highest BCUT2D eigenvalue weighted by Gasteiger charge is 2.54. The van der Waals surface area contributed by atoms with Gasteiger partial charge in [0, 0.05) is 6.54 Å². The molecule has 1 aromatic rings. The first-order valence-corrected chi connectivity index (χ1v) is 19.3. The van der Waals surface area contributed by atoms with Gasteiger partial charge in [-0.3, -0.25) is 19.2 Å². The van der Waals surface area contributed by atoms with Gasteiger partial charge >= 0.3 is 0 Å². The van der Waals surface area contributed by atoms with E-state index in [1.165, 1.54) is 6.42 Å². The van der Waals surface area contributed by atoms with Crippen LogP contribution in [-0.4, -0.2) is 84.4 Å². The number of unbranched alkanes of at least 4 members (excludes halogenated alkanes) is 1. The molecule has 8 N–H and O–H groups in total. The van der Waals surface area contributed by atoms with Crippen LogP contribution in [0.15, 0.2) is 30.3 Å². The predicted octanol–water partition coefficient (Wildman–Crippen LogP) is 2.95. The zero-order valence-corrected chi connectivity index (χ0v) is 30.2. The minimum atomic E-state index is -2.07. The first-order valence-electron chi connectivity index (χ1n) is 19.3. The molecule has 278 valence electrons. The zero-order chi connectivity index (χ0) is 36.1. The molecule has 4 rings (SSSR count). The number of rotatable bonds is 19. The third-order valence-electron chi connectivity index (χ3n) is 11.6. The van der Waals surface area contributed by atoms with E-state index in [0.29, 0.717) is 83.1 Å². The predicted molar refractivity (Wildman–Crippen MR) is 195 cm³/mol. The van der Waals surface area contributed by atoms with Gasteiger partial charge < -0.3 is 37.5 Å². The van der Waals surface area contributed by atoms with Crippen molar-refractivity contribution in [1.82, 2.24) is 15.5 Å². The van der Waals surface area contributed by atoms with Crippen molar-refractivity contribution in [3.05, 3.63) is 35.9 Å². The molecule has 2 amide bonds. The van der Waals surface area contributed by atoms with Gasteiger partial charge in [0.2, 0.25) is 11.8 Å². The fourth-order valence-electron chi connectivity index (χ4n) is 8.75. The molecule has 0 radical (unpaired) electrons. The van der Waals surface area contributed by atoms with E-state index in [-0.39, 0.29) is 23.5 Å². The molecule has 3 fully saturated rings. The Kier molecular flexibility index (Phi) is 15.6. The van der Waals surface area contributed by atoms with Crippen molar-refractivity contribution in [2.45, 2.75) is 139 Å². The molecule has 1 aliphatic heterocycles. The lowest BCUT2D eigenvalue weighted by Gasteiger charge is -2.41. The Bertz CT molecular complexity index is 1270. The highest BCUT2D eigenvalue weighted by atomic mass is 16.2. The maximum Gasteiger partial charge on any atom is 0.245 e. The van der Waals surface area contributed by atoms with Gasteiger partial charge in [0.1, 0.15) is 17.9 Å². The minimum absolute atomic E-state index is 0.260. The number of Topliss-reactive ketones (excluding diaryl/α,β-unsaturated/α-hetero) is 2. The number of aldehydes is 1. The van der Waals surface area contributed by atoms with E-state index in [1.807, 2.05) is 30.3 Å². The second-order valence-corrected chi connectivity index (χ2v) is 15.1. The van der Waals surface area contributed by atoms with Gasteiger partial charge in [0.15, 0.2) is 11.6 Å². The summed E-state index contributed by atoms with van der Waals surface area (Å²) < 4.78 is 0. The first kappa shape index (κ1) is 39.8. The van der Waals surface area contributed by atoms with Crippen LogP contribution in [0.3, 0.4) is 0 Å². The number of likely N-dealkylation sites (N-methyl/N-ethyl adjacent to an activating group) is 1. The molecular formula is C39H62N6O5. The minimum Gasteiger partial charge on any atom is -0.343 e. The summed E-state index contributed by atoms with van der Waals surface area (Å²) >= 11 is 0. The van der Waals surface area contributed by atoms with Crippen molar-refractivity contribution in [3.63, 3.8) is 0 Å². The van der Waals surface area contributed by atoms with Crippen LogP contribution in [0.4, 0.5) is 0 Å². The van der Waals surface area contributed by atoms with E-state index in [4.69, 9.17) is 17.2 Å². The normalized spacial score (nSPS) is 22.6. The molecule has 11 heteroatoms. The van der Waals surface area contributed by atoms with Gasteiger partial charge in [-0.05, 0) is 88.8 Å². The van der Waals surface area contributed by atoms with Gasteiger partial charge in [0.05, 0.1) is 24.0 Å². The Balaban J connectivity index is 1.57. The quantitative estimate of drug-likeness (QED) is 0.0823. The maximum absolute atomic E-state index is 14.8. The highest BCUT2D eigenvalue weighted by molar-refractivity contribution is 6.11. The van der Waals surface area contributed by atoms with Crippen LogP contribution in [0.5, 0.6) is 0 Å². The average Bonchev–Trinajstić information content (AvgIpc) is 3.64. The monoisotopic (exact) mass is 694 g/mol. The second kappa shape index (κ2) is 19.6. The third-order valence-corrected chi connectivity index (χ3v) is 11.6. The number of likely N-dealkylation sites (tertiary alicyclic amines) is 1. The van der Waals surface area contributed by atoms with Crippen LogP contribution < -0.4 is 27.8 Å². The van der Waals surface area contributed by atoms with Gasteiger partial charge in [-0.2, -0.15) is 0 Å². The van der Waals surface area contributed by atoms with E-state index in [0.717, 1.165) is 50.5 Å². The third kappa shape index (κ3) is 10.1. The highest BCUT2D eigenvalue weighted by Crippen LogP contribution is 2.39. The molecule has 50 heavy (non-hydrogen) atoms. The number of hydrogen-bond donors (Lipinski definition) is 5. The van der Waals surface area contributed by atoms with Gasteiger partial charge in [0.25, 0.3) is 0 Å². The Morgan fingerprint density at radius 2 is 1.58 bits per heavy atom. The molecule has 1 unspecified atom stereocenters. The van der Waals surface area contributed by atoms with Crippen LogP contribution in [0.2, 0.25) is 0 Å². The van der Waals surface area contributed by atoms with Crippen molar-refractivity contribution in [2.75, 3.05) is 20.1 Å². The summed E-state index contributed by atoms with van der Waals surface area (Å²) in [5.74, 6) is -2.58. The summed E-state index contributed by atoms with van der Waals surface area (Å²) in [5, 5.41) is 6.07. The molecule has 11 nitrogen and oxygen atoms in total. The second-order valence-electron chi connectivity index (χ2n) is 15.1. The summed E-state index contributed by atoms with van der Waals surface area (Å²) in [6.45, 7) is 0.792. The van der Waals surface area contributed by atoms with Crippen LogP contribution in [0, 0.1) is 17.8 Å². The van der Waals surface area contributed by atoms with E-state index < -0.39 is 41.4 Å². The number of benzene rings is 1. The number of nitrogens with zero attached hydrogens (tertiary/aromatic N) is 1. The maximum atomic E-state index is 14.8. The number of carbonyl (C=O) groups excluding carboxylic acids is 5. The molecule has 2 saturated carbocycles. The molecule has 0 aromatic heterocycles. The van der Waals surface area contributed by atoms with Crippen molar-refractivity contribution >= 4 is 29.7 Å². The average molecular weight is 695 g/mol. The number of ketones is 2. The molecule has 1 heterocycles. The Hall–Kier alpha value is -2.99. The fraction of sp³-hybridized carbons (Fsp3) is 0.718. The number of hydrogen-bond acceptors (Lipinski definition) is 9. The largest absolute Gasteiger partial charge is 0.343 e. The van der Waals surface area contributed by atoms with E-state index in [9.17, 15) is 24.0 Å². The molecule has 6 atom stereocenters. The van der Waals surface area contributed by atoms with E-state index in [2.05, 4.69) is 10.6 Å².